The topological polar surface area (TPSA) is 46.1 Å². The summed E-state index contributed by atoms with van der Waals surface area (Å²) in [6, 6.07) is 50.5. The third kappa shape index (κ3) is 7.86. The van der Waals surface area contributed by atoms with Gasteiger partial charge in [-0.15, -0.1) is 0 Å². The maximum Gasteiger partial charge on any atom is 2.00 e. The van der Waals surface area contributed by atoms with E-state index in [1.165, 1.54) is 0 Å². The van der Waals surface area contributed by atoms with Gasteiger partial charge in [-0.3, -0.25) is 0 Å². The zero-order chi connectivity index (χ0) is 26.2. The van der Waals surface area contributed by atoms with Gasteiger partial charge in [0.1, 0.15) is 0 Å². The molecular weight excluding hydrogens is 536 g/mol. The van der Waals surface area contributed by atoms with E-state index in [9.17, 15) is 10.2 Å². The van der Waals surface area contributed by atoms with Gasteiger partial charge in [0.2, 0.25) is 0 Å². The molecule has 0 amide bonds. The molecule has 3 heteroatoms. The van der Waals surface area contributed by atoms with Crippen LogP contribution in [0, 0.1) is 0 Å². The van der Waals surface area contributed by atoms with Crippen LogP contribution in [-0.4, -0.2) is 0 Å². The Hall–Kier alpha value is -4.37. The van der Waals surface area contributed by atoms with Crippen molar-refractivity contribution in [3.05, 3.63) is 158 Å². The molecule has 41 heavy (non-hydrogen) atoms. The summed E-state index contributed by atoms with van der Waals surface area (Å²) >= 11 is 0. The largest absolute Gasteiger partial charge is 2.00 e. The average Bonchev–Trinajstić information content (AvgIpc) is 2.99. The molecule has 0 aromatic heterocycles. The molecule has 6 rings (SSSR count). The van der Waals surface area contributed by atoms with Crippen molar-refractivity contribution in [1.82, 2.24) is 0 Å². The third-order valence-electron chi connectivity index (χ3n) is 6.37. The van der Waals surface area contributed by atoms with Crippen LogP contribution in [0.25, 0.3) is 44.5 Å². The van der Waals surface area contributed by atoms with Gasteiger partial charge >= 0.3 is 21.7 Å². The predicted molar refractivity (Wildman–Crippen MR) is 167 cm³/mol. The van der Waals surface area contributed by atoms with Crippen molar-refractivity contribution in [2.24, 2.45) is 0 Å². The molecule has 0 aliphatic heterocycles. The first-order valence-corrected chi connectivity index (χ1v) is 12.5. The molecule has 6 aromatic rings. The summed E-state index contributed by atoms with van der Waals surface area (Å²) < 4.78 is 0. The van der Waals surface area contributed by atoms with Gasteiger partial charge in [-0.1, -0.05) is 184 Å². The minimum atomic E-state index is 0. The first-order valence-electron chi connectivity index (χ1n) is 12.5. The second kappa shape index (κ2) is 16.0. The minimum absolute atomic E-state index is 0. The second-order valence-electron chi connectivity index (χ2n) is 8.83. The zero-order valence-electron chi connectivity index (χ0n) is 21.3. The fraction of sp³-hybridized carbons (Fsp3) is 0.0526. The molecule has 0 unspecified atom stereocenters. The van der Waals surface area contributed by atoms with Crippen LogP contribution < -0.4 is 10.2 Å². The SMILES string of the molecule is C.C.[O-]c1c(-c2ccccc2)cccc1-c1ccccc1.[O-]c1c(-c2ccccc2)cccc1-c1ccccc1.[Ti+2]. The predicted octanol–water partition coefficient (Wildman–Crippen LogP) is 9.46. The van der Waals surface area contributed by atoms with E-state index in [0.29, 0.717) is 0 Å². The number of hydrogen-bond donors (Lipinski definition) is 0. The summed E-state index contributed by atoms with van der Waals surface area (Å²) in [6.07, 6.45) is 0. The molecule has 0 N–H and O–H groups in total. The minimum Gasteiger partial charge on any atom is -0.872 e. The van der Waals surface area contributed by atoms with Gasteiger partial charge in [0.15, 0.2) is 0 Å². The molecule has 0 radical (unpaired) electrons. The molecule has 6 aromatic carbocycles. The Morgan fingerprint density at radius 1 is 0.268 bits per heavy atom. The van der Waals surface area contributed by atoms with Crippen molar-refractivity contribution >= 4 is 0 Å². The van der Waals surface area contributed by atoms with Gasteiger partial charge in [0.05, 0.1) is 0 Å². The van der Waals surface area contributed by atoms with Gasteiger partial charge in [-0.25, -0.2) is 0 Å². The van der Waals surface area contributed by atoms with E-state index in [1.807, 2.05) is 158 Å². The van der Waals surface area contributed by atoms with Gasteiger partial charge in [-0.2, -0.15) is 0 Å². The Morgan fingerprint density at radius 3 is 0.659 bits per heavy atom. The fourth-order valence-electron chi connectivity index (χ4n) is 4.45. The summed E-state index contributed by atoms with van der Waals surface area (Å²) in [5, 5.41) is 25.1. The maximum absolute atomic E-state index is 12.6. The summed E-state index contributed by atoms with van der Waals surface area (Å²) in [5.41, 5.74) is 6.86. The summed E-state index contributed by atoms with van der Waals surface area (Å²) in [7, 11) is 0. The number of rotatable bonds is 4. The van der Waals surface area contributed by atoms with Crippen LogP contribution >= 0.6 is 0 Å². The van der Waals surface area contributed by atoms with E-state index in [2.05, 4.69) is 0 Å². The van der Waals surface area contributed by atoms with Crippen molar-refractivity contribution in [2.45, 2.75) is 14.9 Å². The van der Waals surface area contributed by atoms with E-state index >= 15 is 0 Å². The first kappa shape index (κ1) is 32.8. The summed E-state index contributed by atoms with van der Waals surface area (Å²) in [4.78, 5) is 0. The first-order chi connectivity index (χ1) is 18.7. The molecule has 202 valence electrons. The van der Waals surface area contributed by atoms with Crippen molar-refractivity contribution in [3.8, 4) is 56.0 Å². The van der Waals surface area contributed by atoms with Gasteiger partial charge in [-0.05, 0) is 44.5 Å². The van der Waals surface area contributed by atoms with Crippen molar-refractivity contribution in [3.63, 3.8) is 0 Å². The maximum atomic E-state index is 12.6. The van der Waals surface area contributed by atoms with Gasteiger partial charge < -0.3 is 10.2 Å². The summed E-state index contributed by atoms with van der Waals surface area (Å²) in [5.74, 6) is 0.166. The number of benzene rings is 6. The third-order valence-corrected chi connectivity index (χ3v) is 6.37. The molecule has 2 nitrogen and oxygen atoms in total. The number of hydrogen-bond acceptors (Lipinski definition) is 2. The van der Waals surface area contributed by atoms with E-state index in [-0.39, 0.29) is 48.1 Å². The molecule has 0 spiro atoms. The van der Waals surface area contributed by atoms with Crippen LogP contribution in [0.4, 0.5) is 0 Å². The van der Waals surface area contributed by atoms with Crippen molar-refractivity contribution in [2.75, 3.05) is 0 Å². The van der Waals surface area contributed by atoms with E-state index < -0.39 is 0 Å². The van der Waals surface area contributed by atoms with E-state index in [4.69, 9.17) is 0 Å². The molecule has 0 aliphatic carbocycles. The van der Waals surface area contributed by atoms with Crippen LogP contribution in [0.5, 0.6) is 11.5 Å². The van der Waals surface area contributed by atoms with Crippen LogP contribution in [0.2, 0.25) is 0 Å². The quantitative estimate of drug-likeness (QED) is 0.198. The fourth-order valence-corrected chi connectivity index (χ4v) is 4.45. The Bertz CT molecular complexity index is 1360. The molecule has 0 saturated carbocycles. The van der Waals surface area contributed by atoms with Crippen LogP contribution in [0.15, 0.2) is 158 Å². The van der Waals surface area contributed by atoms with E-state index in [0.717, 1.165) is 44.5 Å². The monoisotopic (exact) mass is 570 g/mol. The molecule has 0 saturated heterocycles. The molecule has 0 heterocycles. The molecule has 0 bridgehead atoms. The standard InChI is InChI=1S/2C18H14O.2CH4.Ti/c2*19-18-16(14-8-3-1-4-9-14)12-7-13-17(18)15-10-5-2-6-11-15;;;/h2*1-13,19H;2*1H4;/q;;;;+2/p-2. The zero-order valence-corrected chi connectivity index (χ0v) is 22.9. The molecule has 0 fully saturated rings. The molecular formula is C38H34O2Ti. The Morgan fingerprint density at radius 2 is 0.463 bits per heavy atom. The summed E-state index contributed by atoms with van der Waals surface area (Å²) in [6.45, 7) is 0. The molecule has 0 aliphatic rings. The molecule has 0 atom stereocenters. The Kier molecular flexibility index (Phi) is 12.8. The Labute approximate surface area is 259 Å². The average molecular weight is 571 g/mol. The normalized spacial score (nSPS) is 9.56. The van der Waals surface area contributed by atoms with E-state index in [1.54, 1.807) is 0 Å². The van der Waals surface area contributed by atoms with Crippen molar-refractivity contribution in [1.29, 1.82) is 0 Å². The van der Waals surface area contributed by atoms with Gasteiger partial charge in [0, 0.05) is 0 Å². The Balaban J connectivity index is 0.000000267. The van der Waals surface area contributed by atoms with Crippen LogP contribution in [-0.2, 0) is 21.7 Å². The number of para-hydroxylation sites is 2. The van der Waals surface area contributed by atoms with Crippen LogP contribution in [0.1, 0.15) is 14.9 Å². The van der Waals surface area contributed by atoms with Crippen molar-refractivity contribution < 1.29 is 31.9 Å². The van der Waals surface area contributed by atoms with Gasteiger partial charge in [0.25, 0.3) is 0 Å². The second-order valence-corrected chi connectivity index (χ2v) is 8.83. The smallest absolute Gasteiger partial charge is 0.872 e. The van der Waals surface area contributed by atoms with Crippen LogP contribution in [0.3, 0.4) is 0 Å².